The minimum atomic E-state index is -3.92. The van der Waals surface area contributed by atoms with E-state index in [0.717, 1.165) is 11.6 Å². The minimum absolute atomic E-state index is 0.0678. The number of ether oxygens (including phenoxy) is 1. The number of amides is 2. The molecule has 0 saturated heterocycles. The van der Waals surface area contributed by atoms with E-state index in [0.29, 0.717) is 12.1 Å². The van der Waals surface area contributed by atoms with Crippen molar-refractivity contribution in [1.82, 2.24) is 10.9 Å². The molecule has 0 bridgehead atoms. The average molecular weight is 498 g/mol. The van der Waals surface area contributed by atoms with Gasteiger partial charge in [0.25, 0.3) is 21.8 Å². The van der Waals surface area contributed by atoms with Crippen LogP contribution in [-0.4, -0.2) is 39.4 Å². The number of nitrogens with one attached hydrogen (secondary N) is 2. The summed E-state index contributed by atoms with van der Waals surface area (Å²) >= 11 is 0. The second kappa shape index (κ2) is 9.94. The van der Waals surface area contributed by atoms with Crippen LogP contribution in [0.15, 0.2) is 77.7 Å². The van der Waals surface area contributed by atoms with Crippen molar-refractivity contribution in [1.29, 1.82) is 0 Å². The number of carbonyl (C=O) groups is 3. The third-order valence-corrected chi connectivity index (χ3v) is 7.08. The molecular weight excluding hydrogens is 477 g/mol. The summed E-state index contributed by atoms with van der Waals surface area (Å²) in [6, 6.07) is 17.7. The number of halogens is 1. The molecule has 0 unspecified atom stereocenters. The van der Waals surface area contributed by atoms with Gasteiger partial charge >= 0.3 is 5.97 Å². The molecule has 0 atom stereocenters. The minimum Gasteiger partial charge on any atom is -0.452 e. The van der Waals surface area contributed by atoms with Crippen molar-refractivity contribution in [2.45, 2.75) is 11.3 Å². The van der Waals surface area contributed by atoms with Gasteiger partial charge in [-0.1, -0.05) is 36.4 Å². The van der Waals surface area contributed by atoms with E-state index in [1.54, 1.807) is 12.1 Å². The Balaban J connectivity index is 1.36. The number of para-hydroxylation sites is 1. The number of anilines is 1. The van der Waals surface area contributed by atoms with E-state index in [4.69, 9.17) is 4.74 Å². The summed E-state index contributed by atoms with van der Waals surface area (Å²) in [4.78, 5) is 36.1. The Morgan fingerprint density at radius 1 is 0.943 bits per heavy atom. The lowest BCUT2D eigenvalue weighted by atomic mass is 10.2. The molecule has 0 radical (unpaired) electrons. The Labute approximate surface area is 200 Å². The fourth-order valence-corrected chi connectivity index (χ4v) is 5.11. The van der Waals surface area contributed by atoms with Gasteiger partial charge in [-0.2, -0.15) is 0 Å². The zero-order chi connectivity index (χ0) is 25.0. The maximum atomic E-state index is 13.6. The number of hydrogen-bond donors (Lipinski definition) is 2. The summed E-state index contributed by atoms with van der Waals surface area (Å²) in [5.74, 6) is -3.46. The van der Waals surface area contributed by atoms with E-state index in [1.165, 1.54) is 46.8 Å². The largest absolute Gasteiger partial charge is 0.452 e. The molecule has 0 spiro atoms. The summed E-state index contributed by atoms with van der Waals surface area (Å²) < 4.78 is 46.2. The van der Waals surface area contributed by atoms with Crippen LogP contribution < -0.4 is 15.2 Å². The highest BCUT2D eigenvalue weighted by molar-refractivity contribution is 7.92. The van der Waals surface area contributed by atoms with E-state index < -0.39 is 40.2 Å². The summed E-state index contributed by atoms with van der Waals surface area (Å²) in [7, 11) is -3.92. The van der Waals surface area contributed by atoms with E-state index in [9.17, 15) is 27.2 Å². The Bertz CT molecular complexity index is 1410. The van der Waals surface area contributed by atoms with E-state index in [1.807, 2.05) is 23.0 Å². The first kappa shape index (κ1) is 23.9. The molecule has 35 heavy (non-hydrogen) atoms. The monoisotopic (exact) mass is 497 g/mol. The smallest absolute Gasteiger partial charge is 0.338 e. The molecule has 1 aliphatic heterocycles. The third kappa shape index (κ3) is 5.14. The van der Waals surface area contributed by atoms with Crippen molar-refractivity contribution >= 4 is 33.5 Å². The molecule has 4 rings (SSSR count). The van der Waals surface area contributed by atoms with Crippen molar-refractivity contribution < 1.29 is 31.9 Å². The van der Waals surface area contributed by atoms with Gasteiger partial charge in [-0.15, -0.1) is 0 Å². The maximum absolute atomic E-state index is 13.6. The van der Waals surface area contributed by atoms with E-state index >= 15 is 0 Å². The van der Waals surface area contributed by atoms with Crippen molar-refractivity contribution in [3.8, 4) is 0 Å². The molecule has 0 fully saturated rings. The number of fused-ring (bicyclic) bond motifs is 1. The van der Waals surface area contributed by atoms with Crippen molar-refractivity contribution in [2.75, 3.05) is 17.5 Å². The average Bonchev–Trinajstić information content (AvgIpc) is 3.31. The Hall–Kier alpha value is -4.25. The molecule has 0 aliphatic carbocycles. The van der Waals surface area contributed by atoms with Gasteiger partial charge in [-0.3, -0.25) is 24.7 Å². The Kier molecular flexibility index (Phi) is 6.78. The topological polar surface area (TPSA) is 122 Å². The van der Waals surface area contributed by atoms with Crippen molar-refractivity contribution in [2.24, 2.45) is 0 Å². The quantitative estimate of drug-likeness (QED) is 0.398. The molecule has 0 aromatic heterocycles. The van der Waals surface area contributed by atoms with Gasteiger partial charge in [-0.25, -0.2) is 17.6 Å². The normalized spacial score (nSPS) is 12.5. The van der Waals surface area contributed by atoms with Gasteiger partial charge in [0.2, 0.25) is 0 Å². The first-order valence-corrected chi connectivity index (χ1v) is 11.9. The molecule has 11 heteroatoms. The Morgan fingerprint density at radius 2 is 1.69 bits per heavy atom. The lowest BCUT2D eigenvalue weighted by molar-refractivity contribution is -0.125. The SMILES string of the molecule is O=C(COC(=O)c1cccc(S(=O)(=O)N2CCc3ccccc32)c1)NNC(=O)c1ccccc1F. The number of rotatable bonds is 6. The molecule has 180 valence electrons. The zero-order valence-electron chi connectivity index (χ0n) is 18.2. The lowest BCUT2D eigenvalue weighted by Gasteiger charge is -2.19. The zero-order valence-corrected chi connectivity index (χ0v) is 19.0. The van der Waals surface area contributed by atoms with Gasteiger partial charge in [0, 0.05) is 6.54 Å². The van der Waals surface area contributed by atoms with Crippen LogP contribution >= 0.6 is 0 Å². The van der Waals surface area contributed by atoms with Crippen LogP contribution in [0.2, 0.25) is 0 Å². The molecule has 1 heterocycles. The van der Waals surface area contributed by atoms with Crippen molar-refractivity contribution in [3.63, 3.8) is 0 Å². The number of nitrogens with zero attached hydrogens (tertiary/aromatic N) is 1. The molecule has 0 saturated carbocycles. The number of benzene rings is 3. The number of esters is 1. The van der Waals surface area contributed by atoms with Crippen LogP contribution in [0.1, 0.15) is 26.3 Å². The van der Waals surface area contributed by atoms with Gasteiger partial charge in [-0.05, 0) is 48.4 Å². The molecule has 3 aromatic carbocycles. The van der Waals surface area contributed by atoms with E-state index in [2.05, 4.69) is 0 Å². The van der Waals surface area contributed by atoms with Crippen LogP contribution in [0.5, 0.6) is 0 Å². The first-order chi connectivity index (χ1) is 16.8. The van der Waals surface area contributed by atoms with Crippen molar-refractivity contribution in [3.05, 3.63) is 95.3 Å². The molecule has 1 aliphatic rings. The van der Waals surface area contributed by atoms with Crippen LogP contribution in [0.3, 0.4) is 0 Å². The highest BCUT2D eigenvalue weighted by atomic mass is 32.2. The van der Waals surface area contributed by atoms with Gasteiger partial charge in [0.05, 0.1) is 21.7 Å². The standard InChI is InChI=1S/C24H20FN3O6S/c25-20-10-3-2-9-19(20)23(30)27-26-22(29)15-34-24(31)17-7-5-8-18(14-17)35(32,33)28-13-12-16-6-1-4-11-21(16)28/h1-11,14H,12-13,15H2,(H,26,29)(H,27,30). The van der Waals surface area contributed by atoms with Crippen LogP contribution in [0.4, 0.5) is 10.1 Å². The fraction of sp³-hybridized carbons (Fsp3) is 0.125. The second-order valence-corrected chi connectivity index (χ2v) is 9.40. The van der Waals surface area contributed by atoms with Gasteiger partial charge in [0.15, 0.2) is 6.61 Å². The van der Waals surface area contributed by atoms with Crippen LogP contribution in [-0.2, 0) is 26.0 Å². The number of hydrogen-bond acceptors (Lipinski definition) is 6. The predicted molar refractivity (Wildman–Crippen MR) is 123 cm³/mol. The molecule has 2 amide bonds. The van der Waals surface area contributed by atoms with E-state index in [-0.39, 0.29) is 22.6 Å². The van der Waals surface area contributed by atoms with Gasteiger partial charge in [0.1, 0.15) is 5.82 Å². The van der Waals surface area contributed by atoms with Gasteiger partial charge < -0.3 is 4.74 Å². The summed E-state index contributed by atoms with van der Waals surface area (Å²) in [6.45, 7) is -0.470. The first-order valence-electron chi connectivity index (χ1n) is 10.5. The number of carbonyl (C=O) groups excluding carboxylic acids is 3. The Morgan fingerprint density at radius 3 is 2.49 bits per heavy atom. The summed E-state index contributed by atoms with van der Waals surface area (Å²) in [5.41, 5.74) is 5.20. The summed E-state index contributed by atoms with van der Waals surface area (Å²) in [5, 5.41) is 0. The predicted octanol–water partition coefficient (Wildman–Crippen LogP) is 2.20. The highest BCUT2D eigenvalue weighted by Gasteiger charge is 2.31. The number of hydrazine groups is 1. The summed E-state index contributed by atoms with van der Waals surface area (Å²) in [6.07, 6.45) is 0.583. The lowest BCUT2D eigenvalue weighted by Crippen LogP contribution is -2.43. The molecule has 2 N–H and O–H groups in total. The maximum Gasteiger partial charge on any atom is 0.338 e. The molecular formula is C24H20FN3O6S. The number of sulfonamides is 1. The van der Waals surface area contributed by atoms with Crippen LogP contribution in [0.25, 0.3) is 0 Å². The highest BCUT2D eigenvalue weighted by Crippen LogP contribution is 2.32. The molecule has 9 nitrogen and oxygen atoms in total. The van der Waals surface area contributed by atoms with Crippen LogP contribution in [0, 0.1) is 5.82 Å². The second-order valence-electron chi connectivity index (χ2n) is 7.54. The molecule has 3 aromatic rings. The fourth-order valence-electron chi connectivity index (χ4n) is 3.56. The third-order valence-electron chi connectivity index (χ3n) is 5.27.